The summed E-state index contributed by atoms with van der Waals surface area (Å²) in [4.78, 5) is 17.7. The van der Waals surface area contributed by atoms with Gasteiger partial charge in [0.25, 0.3) is 5.91 Å². The molecule has 0 bridgehead atoms. The molecule has 2 aromatic carbocycles. The van der Waals surface area contributed by atoms with Crippen molar-refractivity contribution in [1.82, 2.24) is 0 Å². The average molecular weight is 255 g/mol. The first kappa shape index (κ1) is 13.3. The molecule has 0 aliphatic heterocycles. The van der Waals surface area contributed by atoms with Crippen molar-refractivity contribution in [3.05, 3.63) is 65.2 Å². The summed E-state index contributed by atoms with van der Waals surface area (Å²) in [7, 11) is 1.50. The molecule has 3 heteroatoms. The van der Waals surface area contributed by atoms with Crippen LogP contribution in [0, 0.1) is 13.8 Å². The van der Waals surface area contributed by atoms with Crippen LogP contribution < -0.4 is 5.06 Å². The number of nitrogens with zero attached hydrogens (tertiary/aromatic N) is 1. The molecule has 0 saturated carbocycles. The lowest BCUT2D eigenvalue weighted by molar-refractivity contribution is 0.0772. The van der Waals surface area contributed by atoms with Crippen molar-refractivity contribution in [1.29, 1.82) is 0 Å². The summed E-state index contributed by atoms with van der Waals surface area (Å²) in [6.45, 7) is 3.99. The maximum atomic E-state index is 12.4. The number of rotatable bonds is 3. The summed E-state index contributed by atoms with van der Waals surface area (Å²) in [5.41, 5.74) is 3.53. The van der Waals surface area contributed by atoms with Crippen LogP contribution in [0.5, 0.6) is 0 Å². The molecule has 0 atom stereocenters. The number of anilines is 1. The standard InChI is InChI=1S/C16H17NO2/c1-12-9-10-15(13(2)11-12)17(19-3)16(18)14-7-5-4-6-8-14/h4-11H,1-3H3. The molecule has 0 aromatic heterocycles. The first-order chi connectivity index (χ1) is 9.13. The molecule has 0 saturated heterocycles. The van der Waals surface area contributed by atoms with E-state index >= 15 is 0 Å². The number of carbonyl (C=O) groups is 1. The van der Waals surface area contributed by atoms with Gasteiger partial charge in [-0.15, -0.1) is 0 Å². The minimum atomic E-state index is -0.171. The number of hydrogen-bond acceptors (Lipinski definition) is 2. The Morgan fingerprint density at radius 1 is 1.05 bits per heavy atom. The third-order valence-electron chi connectivity index (χ3n) is 2.96. The Balaban J connectivity index is 2.37. The van der Waals surface area contributed by atoms with E-state index in [-0.39, 0.29) is 5.91 Å². The van der Waals surface area contributed by atoms with Crippen molar-refractivity contribution in [2.24, 2.45) is 0 Å². The molecule has 2 rings (SSSR count). The SMILES string of the molecule is CON(C(=O)c1ccccc1)c1ccc(C)cc1C. The second kappa shape index (κ2) is 5.67. The Labute approximate surface area is 113 Å². The maximum absolute atomic E-state index is 12.4. The molecule has 98 valence electrons. The molecular weight excluding hydrogens is 238 g/mol. The third kappa shape index (κ3) is 2.83. The molecule has 0 radical (unpaired) electrons. The van der Waals surface area contributed by atoms with Gasteiger partial charge >= 0.3 is 0 Å². The number of aryl methyl sites for hydroxylation is 2. The van der Waals surface area contributed by atoms with Crippen LogP contribution in [0.2, 0.25) is 0 Å². The Bertz CT molecular complexity index is 579. The number of hydrogen-bond donors (Lipinski definition) is 0. The van der Waals surface area contributed by atoms with E-state index in [0.29, 0.717) is 5.56 Å². The number of hydroxylamine groups is 1. The van der Waals surface area contributed by atoms with Crippen molar-refractivity contribution >= 4 is 11.6 Å². The van der Waals surface area contributed by atoms with Gasteiger partial charge in [-0.05, 0) is 37.6 Å². The monoisotopic (exact) mass is 255 g/mol. The van der Waals surface area contributed by atoms with E-state index in [2.05, 4.69) is 0 Å². The summed E-state index contributed by atoms with van der Waals surface area (Å²) < 4.78 is 0. The van der Waals surface area contributed by atoms with Gasteiger partial charge in [0.2, 0.25) is 0 Å². The molecule has 2 aromatic rings. The Morgan fingerprint density at radius 3 is 2.32 bits per heavy atom. The maximum Gasteiger partial charge on any atom is 0.282 e. The lowest BCUT2D eigenvalue weighted by Crippen LogP contribution is -2.30. The van der Waals surface area contributed by atoms with Crippen LogP contribution in [0.15, 0.2) is 48.5 Å². The summed E-state index contributed by atoms with van der Waals surface area (Å²) in [6, 6.07) is 15.0. The highest BCUT2D eigenvalue weighted by atomic mass is 16.7. The number of amides is 1. The van der Waals surface area contributed by atoms with E-state index in [9.17, 15) is 4.79 Å². The molecule has 0 heterocycles. The number of benzene rings is 2. The second-order valence-corrected chi connectivity index (χ2v) is 4.44. The van der Waals surface area contributed by atoms with Gasteiger partial charge in [-0.2, -0.15) is 5.06 Å². The highest BCUT2D eigenvalue weighted by molar-refractivity contribution is 6.05. The average Bonchev–Trinajstić information content (AvgIpc) is 2.42. The van der Waals surface area contributed by atoms with Gasteiger partial charge in [0.15, 0.2) is 0 Å². The van der Waals surface area contributed by atoms with E-state index in [1.165, 1.54) is 12.2 Å². The predicted octanol–water partition coefficient (Wildman–Crippen LogP) is 3.51. The zero-order chi connectivity index (χ0) is 13.8. The normalized spacial score (nSPS) is 10.3. The minimum absolute atomic E-state index is 0.171. The van der Waals surface area contributed by atoms with Crippen LogP contribution in [0.1, 0.15) is 21.5 Å². The Morgan fingerprint density at radius 2 is 1.74 bits per heavy atom. The molecule has 0 aliphatic carbocycles. The first-order valence-corrected chi connectivity index (χ1v) is 6.14. The van der Waals surface area contributed by atoms with Crippen molar-refractivity contribution in [2.45, 2.75) is 13.8 Å². The van der Waals surface area contributed by atoms with Crippen molar-refractivity contribution in [3.8, 4) is 0 Å². The van der Waals surface area contributed by atoms with E-state index in [1.54, 1.807) is 12.1 Å². The van der Waals surface area contributed by atoms with Gasteiger partial charge < -0.3 is 0 Å². The van der Waals surface area contributed by atoms with Gasteiger partial charge in [-0.1, -0.05) is 35.9 Å². The van der Waals surface area contributed by atoms with Gasteiger partial charge in [0.1, 0.15) is 0 Å². The molecule has 19 heavy (non-hydrogen) atoms. The zero-order valence-electron chi connectivity index (χ0n) is 11.4. The minimum Gasteiger partial charge on any atom is -0.269 e. The van der Waals surface area contributed by atoms with Crippen molar-refractivity contribution in [2.75, 3.05) is 12.2 Å². The van der Waals surface area contributed by atoms with Gasteiger partial charge in [0, 0.05) is 5.56 Å². The summed E-state index contributed by atoms with van der Waals surface area (Å²) in [5, 5.41) is 1.32. The molecule has 3 nitrogen and oxygen atoms in total. The molecular formula is C16H17NO2. The van der Waals surface area contributed by atoms with Gasteiger partial charge in [-0.3, -0.25) is 9.63 Å². The lowest BCUT2D eigenvalue weighted by atomic mass is 10.1. The van der Waals surface area contributed by atoms with Crippen molar-refractivity contribution < 1.29 is 9.63 Å². The fraction of sp³-hybridized carbons (Fsp3) is 0.188. The fourth-order valence-corrected chi connectivity index (χ4v) is 2.02. The summed E-state index contributed by atoms with van der Waals surface area (Å²) in [5.74, 6) is -0.171. The predicted molar refractivity (Wildman–Crippen MR) is 76.2 cm³/mol. The van der Waals surface area contributed by atoms with Crippen molar-refractivity contribution in [3.63, 3.8) is 0 Å². The van der Waals surface area contributed by atoms with Gasteiger partial charge in [0.05, 0.1) is 12.8 Å². The van der Waals surface area contributed by atoms with E-state index < -0.39 is 0 Å². The summed E-state index contributed by atoms with van der Waals surface area (Å²) >= 11 is 0. The van der Waals surface area contributed by atoms with E-state index in [4.69, 9.17) is 4.84 Å². The quantitative estimate of drug-likeness (QED) is 0.785. The molecule has 0 aliphatic rings. The molecule has 0 unspecified atom stereocenters. The molecule has 0 fully saturated rings. The van der Waals surface area contributed by atoms with Crippen LogP contribution in [-0.4, -0.2) is 13.0 Å². The largest absolute Gasteiger partial charge is 0.282 e. The Hall–Kier alpha value is -2.13. The topological polar surface area (TPSA) is 29.5 Å². The zero-order valence-corrected chi connectivity index (χ0v) is 11.4. The van der Waals surface area contributed by atoms with Crippen LogP contribution >= 0.6 is 0 Å². The summed E-state index contributed by atoms with van der Waals surface area (Å²) in [6.07, 6.45) is 0. The third-order valence-corrected chi connectivity index (χ3v) is 2.96. The van der Waals surface area contributed by atoms with Gasteiger partial charge in [-0.25, -0.2) is 0 Å². The van der Waals surface area contributed by atoms with Crippen LogP contribution in [0.4, 0.5) is 5.69 Å². The first-order valence-electron chi connectivity index (χ1n) is 6.14. The Kier molecular flexibility index (Phi) is 3.97. The van der Waals surface area contributed by atoms with Crippen LogP contribution in [0.25, 0.3) is 0 Å². The molecule has 0 N–H and O–H groups in total. The van der Waals surface area contributed by atoms with Crippen LogP contribution in [-0.2, 0) is 4.84 Å². The highest BCUT2D eigenvalue weighted by Gasteiger charge is 2.19. The van der Waals surface area contributed by atoms with E-state index in [0.717, 1.165) is 16.8 Å². The highest BCUT2D eigenvalue weighted by Crippen LogP contribution is 2.23. The molecule has 1 amide bonds. The fourth-order valence-electron chi connectivity index (χ4n) is 2.02. The van der Waals surface area contributed by atoms with Crippen LogP contribution in [0.3, 0.4) is 0 Å². The smallest absolute Gasteiger partial charge is 0.269 e. The molecule has 0 spiro atoms. The van der Waals surface area contributed by atoms with E-state index in [1.807, 2.05) is 50.2 Å². The second-order valence-electron chi connectivity index (χ2n) is 4.44. The number of carbonyl (C=O) groups excluding carboxylic acids is 1. The lowest BCUT2D eigenvalue weighted by Gasteiger charge is -2.21.